The number of nitrogens with zero attached hydrogens (tertiary/aromatic N) is 8. The zero-order valence-electron chi connectivity index (χ0n) is 39.8. The number of fused-ring (bicyclic) bond motifs is 2. The summed E-state index contributed by atoms with van der Waals surface area (Å²) in [6.45, 7) is 13.8. The Kier molecular flexibility index (Phi) is 16.5. The lowest BCUT2D eigenvalue weighted by Crippen LogP contribution is -2.35. The summed E-state index contributed by atoms with van der Waals surface area (Å²) in [7, 11) is 5.60. The summed E-state index contributed by atoms with van der Waals surface area (Å²) in [6.07, 6.45) is 4.98. The number of benzene rings is 2. The van der Waals surface area contributed by atoms with Gasteiger partial charge >= 0.3 is 18.0 Å². The highest BCUT2D eigenvalue weighted by Gasteiger charge is 2.25. The van der Waals surface area contributed by atoms with Crippen molar-refractivity contribution in [2.45, 2.75) is 80.1 Å². The normalized spacial score (nSPS) is 12.1. The van der Waals surface area contributed by atoms with Crippen LogP contribution in [0.3, 0.4) is 0 Å². The van der Waals surface area contributed by atoms with Crippen molar-refractivity contribution in [1.82, 2.24) is 33.8 Å². The van der Waals surface area contributed by atoms with Crippen LogP contribution < -0.4 is 25.8 Å². The van der Waals surface area contributed by atoms with Gasteiger partial charge in [0.15, 0.2) is 0 Å². The molecule has 21 heteroatoms. The zero-order chi connectivity index (χ0) is 49.2. The van der Waals surface area contributed by atoms with Gasteiger partial charge in [-0.15, -0.1) is 0 Å². The number of hydrogen-bond donors (Lipinski definition) is 3. The van der Waals surface area contributed by atoms with Gasteiger partial charge in [-0.2, -0.15) is 5.10 Å². The van der Waals surface area contributed by atoms with Gasteiger partial charge in [0.2, 0.25) is 11.9 Å². The molecule has 3 aromatic heterocycles. The smallest absolute Gasteiger partial charge is 0.410 e. The number of carbonyl (C=O) groups excluding carboxylic acids is 5. The molecule has 3 amide bonds. The molecule has 0 aliphatic rings. The van der Waals surface area contributed by atoms with Crippen LogP contribution in [-0.2, 0) is 38.6 Å². The molecule has 0 bridgehead atoms. The first-order valence-electron chi connectivity index (χ1n) is 21.5. The highest BCUT2D eigenvalue weighted by Crippen LogP contribution is 2.33. The Hall–Kier alpha value is -7.71. The van der Waals surface area contributed by atoms with Crippen molar-refractivity contribution in [2.75, 3.05) is 58.7 Å². The number of rotatable bonds is 19. The molecule has 2 aromatic carbocycles. The van der Waals surface area contributed by atoms with E-state index < -0.39 is 35.4 Å². The maximum atomic E-state index is 13.9. The summed E-state index contributed by atoms with van der Waals surface area (Å²) in [5.74, 6) is -1.50. The number of esters is 2. The van der Waals surface area contributed by atoms with E-state index in [1.54, 1.807) is 80.6 Å². The molecule has 0 unspecified atom stereocenters. The lowest BCUT2D eigenvalue weighted by atomic mass is 10.2. The van der Waals surface area contributed by atoms with Crippen molar-refractivity contribution in [3.63, 3.8) is 0 Å². The molecule has 4 N–H and O–H groups in total. The van der Waals surface area contributed by atoms with Gasteiger partial charge in [-0.1, -0.05) is 12.2 Å². The van der Waals surface area contributed by atoms with Gasteiger partial charge in [0.05, 0.1) is 55.8 Å². The second kappa shape index (κ2) is 22.0. The third kappa shape index (κ3) is 12.4. The van der Waals surface area contributed by atoms with Gasteiger partial charge in [0.1, 0.15) is 39.5 Å². The highest BCUT2D eigenvalue weighted by atomic mass is 16.6. The zero-order valence-corrected chi connectivity index (χ0v) is 39.8. The molecule has 0 aliphatic carbocycles. The van der Waals surface area contributed by atoms with E-state index in [0.29, 0.717) is 65.2 Å². The Morgan fingerprint density at radius 3 is 1.94 bits per heavy atom. The van der Waals surface area contributed by atoms with Gasteiger partial charge in [-0.3, -0.25) is 29.9 Å². The van der Waals surface area contributed by atoms with Gasteiger partial charge in [0, 0.05) is 45.5 Å². The predicted octanol–water partition coefficient (Wildman–Crippen LogP) is 5.90. The summed E-state index contributed by atoms with van der Waals surface area (Å²) in [4.78, 5) is 80.9. The fraction of sp³-hybridized carbons (Fsp3) is 0.413. The molecule has 0 saturated carbocycles. The van der Waals surface area contributed by atoms with Crippen LogP contribution in [0.4, 0.5) is 16.7 Å². The number of aryl methyl sites for hydroxylation is 2. The number of carbonyl (C=O) groups is 5. The minimum Gasteiger partial charge on any atom is -0.494 e. The monoisotopic (exact) mass is 925 g/mol. The van der Waals surface area contributed by atoms with Crippen LogP contribution in [0.1, 0.15) is 84.9 Å². The molecule has 0 fully saturated rings. The Morgan fingerprint density at radius 1 is 0.851 bits per heavy atom. The average Bonchev–Trinajstić information content (AvgIpc) is 3.96. The fourth-order valence-corrected chi connectivity index (χ4v) is 6.89. The second-order valence-corrected chi connectivity index (χ2v) is 16.2. The number of ether oxygens (including phenoxy) is 5. The number of nitrogens with one attached hydrogen (secondary N) is 2. The molecule has 0 atom stereocenters. The summed E-state index contributed by atoms with van der Waals surface area (Å²) in [5, 5.41) is 10.2. The average molecular weight is 926 g/mol. The van der Waals surface area contributed by atoms with Crippen molar-refractivity contribution in [2.24, 2.45) is 10.7 Å². The molecule has 0 saturated heterocycles. The largest absolute Gasteiger partial charge is 0.494 e. The fourth-order valence-electron chi connectivity index (χ4n) is 6.89. The summed E-state index contributed by atoms with van der Waals surface area (Å²) < 4.78 is 32.5. The standard InChI is InChI=1S/C46H59N11O10/c1-12-48-33(21-27(3)47)39(58)51-43-49-31-23-29(41(60)64-10)25-35(63-9)37(31)55(43)18-14-15-19-56-38-32(50-44(56)52-40(59)34-22-28(4)53-57(34)13-2)24-30(42(61)65-11)26-36(38)66-20-16-17-54(8)45(62)67-46(5,6)7/h14-15,21-26H,12-13,16-20,47H2,1-11H3,(H,49,51,58)(H,50,52,59)/b15-14+,27-21-,48-33?. The SMILES string of the molecule is CCN=C(/C=C(/C)N)C(=O)Nc1nc2cc(C(=O)OC)cc(OC)c2n1C/C=C/Cn1c(NC(=O)c2cc(C)nn2CC)nc2cc(C(=O)OC)cc(OCCCN(C)C(=O)OC(C)(C)C)c21. The molecule has 5 aromatic rings. The summed E-state index contributed by atoms with van der Waals surface area (Å²) in [5.41, 5.74) is 8.55. The number of aliphatic imine (C=N–C) groups is 1. The molecule has 0 radical (unpaired) electrons. The third-order valence-corrected chi connectivity index (χ3v) is 9.83. The first kappa shape index (κ1) is 50.3. The van der Waals surface area contributed by atoms with E-state index in [-0.39, 0.29) is 59.9 Å². The first-order valence-corrected chi connectivity index (χ1v) is 21.5. The number of anilines is 2. The highest BCUT2D eigenvalue weighted by molar-refractivity contribution is 6.47. The molecule has 3 heterocycles. The van der Waals surface area contributed by atoms with Crippen LogP contribution in [-0.4, -0.2) is 123 Å². The van der Waals surface area contributed by atoms with E-state index >= 15 is 0 Å². The summed E-state index contributed by atoms with van der Waals surface area (Å²) in [6, 6.07) is 7.79. The van der Waals surface area contributed by atoms with E-state index in [4.69, 9.17) is 34.4 Å². The number of nitrogens with two attached hydrogens (primary N) is 1. The minimum atomic E-state index is -0.667. The topological polar surface area (TPSA) is 251 Å². The molecule has 21 nitrogen and oxygen atoms in total. The first-order chi connectivity index (χ1) is 31.8. The van der Waals surface area contributed by atoms with Crippen LogP contribution in [0.25, 0.3) is 22.1 Å². The van der Waals surface area contributed by atoms with Gasteiger partial charge in [0.25, 0.3) is 11.8 Å². The quantitative estimate of drug-likeness (QED) is 0.0287. The third-order valence-electron chi connectivity index (χ3n) is 9.83. The number of allylic oxidation sites excluding steroid dienone is 3. The molecule has 0 aliphatic heterocycles. The van der Waals surface area contributed by atoms with Gasteiger partial charge in [-0.05, 0) is 91.3 Å². The van der Waals surface area contributed by atoms with E-state index in [0.717, 1.165) is 0 Å². The number of amides is 3. The van der Waals surface area contributed by atoms with Gasteiger partial charge in [-0.25, -0.2) is 24.4 Å². The van der Waals surface area contributed by atoms with Gasteiger partial charge < -0.3 is 43.5 Å². The Balaban J connectivity index is 1.58. The lowest BCUT2D eigenvalue weighted by Gasteiger charge is -2.24. The molecule has 67 heavy (non-hydrogen) atoms. The van der Waals surface area contributed by atoms with Crippen molar-refractivity contribution >= 4 is 69.5 Å². The number of hydrogen-bond acceptors (Lipinski definition) is 15. The second-order valence-electron chi connectivity index (χ2n) is 16.2. The lowest BCUT2D eigenvalue weighted by molar-refractivity contribution is -0.110. The van der Waals surface area contributed by atoms with Crippen LogP contribution in [0.2, 0.25) is 0 Å². The van der Waals surface area contributed by atoms with Crippen molar-refractivity contribution in [1.29, 1.82) is 0 Å². The van der Waals surface area contributed by atoms with Crippen molar-refractivity contribution in [3.05, 3.63) is 76.8 Å². The van der Waals surface area contributed by atoms with Crippen LogP contribution in [0.5, 0.6) is 11.5 Å². The Labute approximate surface area is 387 Å². The summed E-state index contributed by atoms with van der Waals surface area (Å²) >= 11 is 0. The van der Waals surface area contributed by atoms with Crippen molar-refractivity contribution < 1.29 is 47.7 Å². The molecule has 0 spiro atoms. The Bertz CT molecular complexity index is 2750. The molecule has 358 valence electrons. The van der Waals surface area contributed by atoms with Crippen LogP contribution >= 0.6 is 0 Å². The maximum Gasteiger partial charge on any atom is 0.410 e. The maximum absolute atomic E-state index is 13.9. The number of aromatic nitrogens is 6. The predicted molar refractivity (Wildman–Crippen MR) is 252 cm³/mol. The van der Waals surface area contributed by atoms with E-state index in [1.807, 2.05) is 13.0 Å². The molecular formula is C46H59N11O10. The number of imidazole rings is 2. The van der Waals surface area contributed by atoms with E-state index in [9.17, 15) is 24.0 Å². The van der Waals surface area contributed by atoms with Crippen LogP contribution in [0, 0.1) is 6.92 Å². The Morgan fingerprint density at radius 2 is 1.42 bits per heavy atom. The van der Waals surface area contributed by atoms with Crippen molar-refractivity contribution in [3.8, 4) is 11.5 Å². The molecular weight excluding hydrogens is 867 g/mol. The van der Waals surface area contributed by atoms with Crippen LogP contribution in [0.15, 0.2) is 59.2 Å². The van der Waals surface area contributed by atoms with E-state index in [1.165, 1.54) is 50.5 Å². The molecule has 5 rings (SSSR count). The minimum absolute atomic E-state index is 0.0843. The van der Waals surface area contributed by atoms with E-state index in [2.05, 4.69) is 25.7 Å². The number of methoxy groups -OCH3 is 3.